The van der Waals surface area contributed by atoms with Crippen LogP contribution in [0.4, 0.5) is 0 Å². The van der Waals surface area contributed by atoms with Crippen molar-refractivity contribution >= 4 is 21.6 Å². The van der Waals surface area contributed by atoms with E-state index in [2.05, 4.69) is 4.90 Å². The van der Waals surface area contributed by atoms with Crippen LogP contribution in [0.2, 0.25) is 5.02 Å². The smallest absolute Gasteiger partial charge is 0.243 e. The SMILES string of the molecule is CN(C)C1CCCN(S(=O)(=O)c2ccc(CO)c(Cl)c2)C1. The van der Waals surface area contributed by atoms with Gasteiger partial charge in [-0.3, -0.25) is 0 Å². The van der Waals surface area contributed by atoms with Crippen LogP contribution in [0.5, 0.6) is 0 Å². The molecule has 1 saturated heterocycles. The van der Waals surface area contributed by atoms with Gasteiger partial charge in [-0.2, -0.15) is 4.31 Å². The predicted molar refractivity (Wildman–Crippen MR) is 82.8 cm³/mol. The highest BCUT2D eigenvalue weighted by Crippen LogP contribution is 2.26. The van der Waals surface area contributed by atoms with Gasteiger partial charge in [0.25, 0.3) is 0 Å². The summed E-state index contributed by atoms with van der Waals surface area (Å²) >= 11 is 6.00. The molecule has 1 aliphatic heterocycles. The van der Waals surface area contributed by atoms with E-state index in [4.69, 9.17) is 16.7 Å². The number of aliphatic hydroxyl groups is 1. The summed E-state index contributed by atoms with van der Waals surface area (Å²) in [6.07, 6.45) is 1.85. The molecule has 5 nitrogen and oxygen atoms in total. The maximum atomic E-state index is 12.7. The minimum Gasteiger partial charge on any atom is -0.392 e. The zero-order valence-corrected chi connectivity index (χ0v) is 13.9. The van der Waals surface area contributed by atoms with Crippen molar-refractivity contribution in [2.45, 2.75) is 30.4 Å². The van der Waals surface area contributed by atoms with Crippen molar-refractivity contribution in [1.29, 1.82) is 0 Å². The van der Waals surface area contributed by atoms with Crippen molar-refractivity contribution in [2.24, 2.45) is 0 Å². The van der Waals surface area contributed by atoms with Crippen molar-refractivity contribution in [3.8, 4) is 0 Å². The molecule has 1 aromatic rings. The maximum Gasteiger partial charge on any atom is 0.243 e. The maximum absolute atomic E-state index is 12.7. The highest BCUT2D eigenvalue weighted by molar-refractivity contribution is 7.89. The molecular weight excluding hydrogens is 312 g/mol. The molecule has 0 aliphatic carbocycles. The summed E-state index contributed by atoms with van der Waals surface area (Å²) in [5, 5.41) is 9.38. The van der Waals surface area contributed by atoms with Crippen LogP contribution < -0.4 is 0 Å². The minimum absolute atomic E-state index is 0.184. The molecular formula is C14H21ClN2O3S. The number of sulfonamides is 1. The Morgan fingerprint density at radius 2 is 2.14 bits per heavy atom. The van der Waals surface area contributed by atoms with E-state index in [0.29, 0.717) is 18.7 Å². The lowest BCUT2D eigenvalue weighted by atomic mass is 10.1. The van der Waals surface area contributed by atoms with Gasteiger partial charge in [-0.15, -0.1) is 0 Å². The monoisotopic (exact) mass is 332 g/mol. The first kappa shape index (κ1) is 16.7. The molecule has 2 rings (SSSR count). The lowest BCUT2D eigenvalue weighted by molar-refractivity contribution is 0.190. The van der Waals surface area contributed by atoms with Crippen molar-refractivity contribution < 1.29 is 13.5 Å². The van der Waals surface area contributed by atoms with Gasteiger partial charge in [-0.25, -0.2) is 8.42 Å². The third kappa shape index (κ3) is 3.57. The van der Waals surface area contributed by atoms with E-state index in [1.54, 1.807) is 6.07 Å². The second-order valence-electron chi connectivity index (χ2n) is 5.53. The first-order valence-electron chi connectivity index (χ1n) is 6.92. The van der Waals surface area contributed by atoms with Crippen LogP contribution in [0.3, 0.4) is 0 Å². The molecule has 1 unspecified atom stereocenters. The first-order chi connectivity index (χ1) is 9.86. The summed E-state index contributed by atoms with van der Waals surface area (Å²) in [5.74, 6) is 0. The van der Waals surface area contributed by atoms with Gasteiger partial charge in [0.05, 0.1) is 11.5 Å². The Morgan fingerprint density at radius 3 is 2.71 bits per heavy atom. The van der Waals surface area contributed by atoms with E-state index in [1.165, 1.54) is 16.4 Å². The number of hydrogen-bond acceptors (Lipinski definition) is 4. The topological polar surface area (TPSA) is 60.9 Å². The summed E-state index contributed by atoms with van der Waals surface area (Å²) in [6.45, 7) is 0.826. The number of nitrogens with zero attached hydrogens (tertiary/aromatic N) is 2. The lowest BCUT2D eigenvalue weighted by Crippen LogP contribution is -2.47. The molecule has 0 spiro atoms. The van der Waals surface area contributed by atoms with Crippen molar-refractivity contribution in [1.82, 2.24) is 9.21 Å². The third-order valence-corrected chi connectivity index (χ3v) is 6.14. The van der Waals surface area contributed by atoms with Gasteiger partial charge in [0.15, 0.2) is 0 Å². The standard InChI is InChI=1S/C14H21ClN2O3S/c1-16(2)12-4-3-7-17(9-12)21(19,20)13-6-5-11(10-18)14(15)8-13/h5-6,8,12,18H,3-4,7,9-10H2,1-2H3. The van der Waals surface area contributed by atoms with Crippen LogP contribution in [0.25, 0.3) is 0 Å². The second-order valence-corrected chi connectivity index (χ2v) is 7.88. The van der Waals surface area contributed by atoms with Crippen molar-refractivity contribution in [3.63, 3.8) is 0 Å². The molecule has 7 heteroatoms. The zero-order chi connectivity index (χ0) is 15.6. The van der Waals surface area contributed by atoms with Gasteiger partial charge < -0.3 is 10.0 Å². The Balaban J connectivity index is 2.27. The molecule has 1 atom stereocenters. The summed E-state index contributed by atoms with van der Waals surface area (Å²) in [4.78, 5) is 2.24. The molecule has 0 amide bonds. The van der Waals surface area contributed by atoms with E-state index in [-0.39, 0.29) is 22.6 Å². The van der Waals surface area contributed by atoms with Gasteiger partial charge in [-0.05, 0) is 44.6 Å². The minimum atomic E-state index is -3.54. The average molecular weight is 333 g/mol. The molecule has 1 heterocycles. The fourth-order valence-corrected chi connectivity index (χ4v) is 4.37. The fraction of sp³-hybridized carbons (Fsp3) is 0.571. The Labute approximate surface area is 131 Å². The van der Waals surface area contributed by atoms with Gasteiger partial charge in [0.2, 0.25) is 10.0 Å². The summed E-state index contributed by atoms with van der Waals surface area (Å²) < 4.78 is 26.9. The molecule has 0 aromatic heterocycles. The average Bonchev–Trinajstić information content (AvgIpc) is 2.47. The summed E-state index contributed by atoms with van der Waals surface area (Å²) in [7, 11) is 0.397. The molecule has 1 aromatic carbocycles. The fourth-order valence-electron chi connectivity index (χ4n) is 2.53. The lowest BCUT2D eigenvalue weighted by Gasteiger charge is -2.35. The van der Waals surface area contributed by atoms with Gasteiger partial charge >= 0.3 is 0 Å². The Kier molecular flexibility index (Phi) is 5.27. The van der Waals surface area contributed by atoms with Crippen molar-refractivity contribution in [2.75, 3.05) is 27.2 Å². The van der Waals surface area contributed by atoms with Crippen LogP contribution in [-0.2, 0) is 16.6 Å². The number of rotatable bonds is 4. The van der Waals surface area contributed by atoms with Gasteiger partial charge in [0, 0.05) is 24.2 Å². The molecule has 118 valence electrons. The Hall–Kier alpha value is -0.660. The summed E-state index contributed by atoms with van der Waals surface area (Å²) in [5.41, 5.74) is 0.528. The molecule has 0 bridgehead atoms. The van der Waals surface area contributed by atoms with E-state index in [1.807, 2.05) is 14.1 Å². The van der Waals surface area contributed by atoms with Gasteiger partial charge in [-0.1, -0.05) is 17.7 Å². The van der Waals surface area contributed by atoms with Crippen LogP contribution in [0, 0.1) is 0 Å². The molecule has 0 radical (unpaired) electrons. The van der Waals surface area contributed by atoms with E-state index in [9.17, 15) is 8.42 Å². The van der Waals surface area contributed by atoms with E-state index in [0.717, 1.165) is 12.8 Å². The van der Waals surface area contributed by atoms with Crippen LogP contribution >= 0.6 is 11.6 Å². The highest BCUT2D eigenvalue weighted by Gasteiger charge is 2.31. The van der Waals surface area contributed by atoms with Crippen LogP contribution in [-0.4, -0.2) is 56.0 Å². The Morgan fingerprint density at radius 1 is 1.43 bits per heavy atom. The second kappa shape index (κ2) is 6.62. The van der Waals surface area contributed by atoms with Crippen LogP contribution in [0.1, 0.15) is 18.4 Å². The predicted octanol–water partition coefficient (Wildman–Crippen LogP) is 1.55. The van der Waals surface area contributed by atoms with E-state index < -0.39 is 10.0 Å². The number of aliphatic hydroxyl groups excluding tert-OH is 1. The normalized spacial score (nSPS) is 20.9. The number of halogens is 1. The highest BCUT2D eigenvalue weighted by atomic mass is 35.5. The molecule has 1 aliphatic rings. The molecule has 0 saturated carbocycles. The number of benzene rings is 1. The molecule has 21 heavy (non-hydrogen) atoms. The number of likely N-dealkylation sites (N-methyl/N-ethyl adjacent to an activating group) is 1. The van der Waals surface area contributed by atoms with Gasteiger partial charge in [0.1, 0.15) is 0 Å². The quantitative estimate of drug-likeness (QED) is 0.908. The zero-order valence-electron chi connectivity index (χ0n) is 12.3. The Bertz CT molecular complexity index is 604. The van der Waals surface area contributed by atoms with Crippen molar-refractivity contribution in [3.05, 3.63) is 28.8 Å². The summed E-state index contributed by atoms with van der Waals surface area (Å²) in [6, 6.07) is 4.72. The number of hydrogen-bond donors (Lipinski definition) is 1. The van der Waals surface area contributed by atoms with E-state index >= 15 is 0 Å². The largest absolute Gasteiger partial charge is 0.392 e. The molecule has 1 N–H and O–H groups in total. The first-order valence-corrected chi connectivity index (χ1v) is 8.74. The third-order valence-electron chi connectivity index (χ3n) is 3.92. The molecule has 1 fully saturated rings. The number of piperidine rings is 1. The van der Waals surface area contributed by atoms with Crippen LogP contribution in [0.15, 0.2) is 23.1 Å².